The molecule has 2 aromatic carbocycles. The summed E-state index contributed by atoms with van der Waals surface area (Å²) in [5.74, 6) is 0. The SMILES string of the molecule is OC1CCN(Cc2ccccc2NCc2coc3ccccc23)CC1. The molecule has 1 aliphatic heterocycles. The first-order valence-electron chi connectivity index (χ1n) is 8.97. The summed E-state index contributed by atoms with van der Waals surface area (Å²) in [7, 11) is 0. The third-order valence-corrected chi connectivity index (χ3v) is 5.00. The predicted octanol–water partition coefficient (Wildman–Crippen LogP) is 4.00. The van der Waals surface area contributed by atoms with Gasteiger partial charge in [-0.15, -0.1) is 0 Å². The Balaban J connectivity index is 1.45. The van der Waals surface area contributed by atoms with Gasteiger partial charge < -0.3 is 14.8 Å². The van der Waals surface area contributed by atoms with Crippen LogP contribution in [-0.2, 0) is 13.1 Å². The number of piperidine rings is 1. The lowest BCUT2D eigenvalue weighted by Crippen LogP contribution is -2.35. The van der Waals surface area contributed by atoms with Crippen LogP contribution in [0, 0.1) is 0 Å². The van der Waals surface area contributed by atoms with Crippen molar-refractivity contribution in [3.05, 3.63) is 65.9 Å². The number of aliphatic hydroxyl groups excluding tert-OH is 1. The molecule has 2 N–H and O–H groups in total. The summed E-state index contributed by atoms with van der Waals surface area (Å²) in [4.78, 5) is 2.42. The van der Waals surface area contributed by atoms with Crippen molar-refractivity contribution in [1.82, 2.24) is 4.90 Å². The maximum Gasteiger partial charge on any atom is 0.134 e. The summed E-state index contributed by atoms with van der Waals surface area (Å²) >= 11 is 0. The minimum absolute atomic E-state index is 0.126. The number of rotatable bonds is 5. The van der Waals surface area contributed by atoms with Crippen molar-refractivity contribution in [1.29, 1.82) is 0 Å². The molecule has 3 aromatic rings. The number of hydrogen-bond acceptors (Lipinski definition) is 4. The van der Waals surface area contributed by atoms with Crippen molar-refractivity contribution < 1.29 is 9.52 Å². The molecular weight excluding hydrogens is 312 g/mol. The molecule has 1 saturated heterocycles. The van der Waals surface area contributed by atoms with E-state index in [4.69, 9.17) is 4.42 Å². The molecule has 0 radical (unpaired) electrons. The molecule has 0 spiro atoms. The van der Waals surface area contributed by atoms with Gasteiger partial charge in [-0.3, -0.25) is 4.90 Å². The summed E-state index contributed by atoms with van der Waals surface area (Å²) in [5.41, 5.74) is 4.57. The van der Waals surface area contributed by atoms with Crippen LogP contribution in [0.15, 0.2) is 59.2 Å². The molecule has 1 fully saturated rings. The number of anilines is 1. The second-order valence-electron chi connectivity index (χ2n) is 6.78. The molecule has 2 heterocycles. The number of furan rings is 1. The van der Waals surface area contributed by atoms with Gasteiger partial charge in [-0.05, 0) is 30.5 Å². The van der Waals surface area contributed by atoms with Crippen molar-refractivity contribution in [2.75, 3.05) is 18.4 Å². The average molecular weight is 336 g/mol. The molecule has 0 aliphatic carbocycles. The molecule has 4 nitrogen and oxygen atoms in total. The van der Waals surface area contributed by atoms with E-state index in [2.05, 4.69) is 40.5 Å². The van der Waals surface area contributed by atoms with Gasteiger partial charge in [0.15, 0.2) is 0 Å². The molecule has 0 atom stereocenters. The number of aliphatic hydroxyl groups is 1. The monoisotopic (exact) mass is 336 g/mol. The first-order valence-corrected chi connectivity index (χ1v) is 8.97. The zero-order chi connectivity index (χ0) is 17.1. The topological polar surface area (TPSA) is 48.6 Å². The third-order valence-electron chi connectivity index (χ3n) is 5.00. The Morgan fingerprint density at radius 3 is 2.64 bits per heavy atom. The van der Waals surface area contributed by atoms with Gasteiger partial charge in [0.1, 0.15) is 5.58 Å². The highest BCUT2D eigenvalue weighted by atomic mass is 16.3. The van der Waals surface area contributed by atoms with E-state index in [1.54, 1.807) is 0 Å². The largest absolute Gasteiger partial charge is 0.464 e. The number of hydrogen-bond donors (Lipinski definition) is 2. The van der Waals surface area contributed by atoms with Gasteiger partial charge in [-0.1, -0.05) is 36.4 Å². The Bertz CT molecular complexity index is 835. The smallest absolute Gasteiger partial charge is 0.134 e. The highest BCUT2D eigenvalue weighted by Crippen LogP contribution is 2.24. The quantitative estimate of drug-likeness (QED) is 0.739. The predicted molar refractivity (Wildman–Crippen MR) is 101 cm³/mol. The van der Waals surface area contributed by atoms with E-state index in [1.807, 2.05) is 24.5 Å². The lowest BCUT2D eigenvalue weighted by atomic mass is 10.1. The van der Waals surface area contributed by atoms with Crippen LogP contribution in [0.4, 0.5) is 5.69 Å². The normalized spacial score (nSPS) is 16.4. The molecule has 25 heavy (non-hydrogen) atoms. The summed E-state index contributed by atoms with van der Waals surface area (Å²) in [6.45, 7) is 3.58. The van der Waals surface area contributed by atoms with Crippen molar-refractivity contribution in [3.8, 4) is 0 Å². The number of likely N-dealkylation sites (tertiary alicyclic amines) is 1. The Hall–Kier alpha value is -2.30. The van der Waals surface area contributed by atoms with E-state index in [-0.39, 0.29) is 6.10 Å². The van der Waals surface area contributed by atoms with Crippen LogP contribution in [0.1, 0.15) is 24.0 Å². The fraction of sp³-hybridized carbons (Fsp3) is 0.333. The summed E-state index contributed by atoms with van der Waals surface area (Å²) in [6, 6.07) is 16.6. The fourth-order valence-corrected chi connectivity index (χ4v) is 3.51. The van der Waals surface area contributed by atoms with E-state index in [9.17, 15) is 5.11 Å². The van der Waals surface area contributed by atoms with E-state index in [0.29, 0.717) is 0 Å². The zero-order valence-electron chi connectivity index (χ0n) is 14.3. The van der Waals surface area contributed by atoms with Gasteiger partial charge in [-0.2, -0.15) is 0 Å². The van der Waals surface area contributed by atoms with E-state index in [1.165, 1.54) is 16.8 Å². The van der Waals surface area contributed by atoms with E-state index < -0.39 is 0 Å². The number of nitrogens with zero attached hydrogens (tertiary/aromatic N) is 1. The molecule has 1 aromatic heterocycles. The first kappa shape index (κ1) is 16.2. The molecule has 0 saturated carbocycles. The minimum Gasteiger partial charge on any atom is -0.464 e. The van der Waals surface area contributed by atoms with Crippen LogP contribution in [0.25, 0.3) is 11.0 Å². The van der Waals surface area contributed by atoms with E-state index in [0.717, 1.165) is 50.0 Å². The molecule has 0 bridgehead atoms. The molecular formula is C21H24N2O2. The third kappa shape index (κ3) is 3.70. The molecule has 4 heteroatoms. The standard InChI is InChI=1S/C21H24N2O2/c24-18-9-11-23(12-10-18)14-16-5-1-3-7-20(16)22-13-17-15-25-21-8-4-2-6-19(17)21/h1-8,15,18,22,24H,9-14H2. The van der Waals surface area contributed by atoms with E-state index >= 15 is 0 Å². The molecule has 4 rings (SSSR count). The second-order valence-corrected chi connectivity index (χ2v) is 6.78. The van der Waals surface area contributed by atoms with Crippen LogP contribution < -0.4 is 5.32 Å². The summed E-state index contributed by atoms with van der Waals surface area (Å²) < 4.78 is 5.63. The van der Waals surface area contributed by atoms with Gasteiger partial charge in [0.2, 0.25) is 0 Å². The Kier molecular flexibility index (Phi) is 4.72. The van der Waals surface area contributed by atoms with Crippen molar-refractivity contribution in [3.63, 3.8) is 0 Å². The van der Waals surface area contributed by atoms with Crippen LogP contribution in [0.5, 0.6) is 0 Å². The van der Waals surface area contributed by atoms with Gasteiger partial charge in [0.05, 0.1) is 12.4 Å². The highest BCUT2D eigenvalue weighted by molar-refractivity contribution is 5.81. The van der Waals surface area contributed by atoms with Crippen molar-refractivity contribution in [2.45, 2.75) is 32.0 Å². The van der Waals surface area contributed by atoms with Gasteiger partial charge in [-0.25, -0.2) is 0 Å². The lowest BCUT2D eigenvalue weighted by Gasteiger charge is -2.30. The second kappa shape index (κ2) is 7.30. The molecule has 0 unspecified atom stereocenters. The van der Waals surface area contributed by atoms with Gasteiger partial charge in [0, 0.05) is 42.8 Å². The lowest BCUT2D eigenvalue weighted by molar-refractivity contribution is 0.0793. The Morgan fingerprint density at radius 2 is 1.76 bits per heavy atom. The first-order chi connectivity index (χ1) is 12.3. The minimum atomic E-state index is -0.126. The maximum atomic E-state index is 9.68. The molecule has 130 valence electrons. The summed E-state index contributed by atoms with van der Waals surface area (Å²) in [5, 5.41) is 14.4. The average Bonchev–Trinajstić information content (AvgIpc) is 3.06. The van der Waals surface area contributed by atoms with Crippen molar-refractivity contribution in [2.24, 2.45) is 0 Å². The number of para-hydroxylation sites is 2. The number of fused-ring (bicyclic) bond motifs is 1. The Labute approximate surface area is 148 Å². The number of benzene rings is 2. The van der Waals surface area contributed by atoms with Crippen molar-refractivity contribution >= 4 is 16.7 Å². The van der Waals surface area contributed by atoms with Crippen LogP contribution in [-0.4, -0.2) is 29.2 Å². The maximum absolute atomic E-state index is 9.68. The highest BCUT2D eigenvalue weighted by Gasteiger charge is 2.17. The van der Waals surface area contributed by atoms with Gasteiger partial charge in [0.25, 0.3) is 0 Å². The molecule has 1 aliphatic rings. The molecule has 0 amide bonds. The van der Waals surface area contributed by atoms with Crippen LogP contribution >= 0.6 is 0 Å². The summed E-state index contributed by atoms with van der Waals surface area (Å²) in [6.07, 6.45) is 3.46. The van der Waals surface area contributed by atoms with Crippen LogP contribution in [0.2, 0.25) is 0 Å². The Morgan fingerprint density at radius 1 is 1.00 bits per heavy atom. The van der Waals surface area contributed by atoms with Crippen LogP contribution in [0.3, 0.4) is 0 Å². The number of nitrogens with one attached hydrogen (secondary N) is 1. The zero-order valence-corrected chi connectivity index (χ0v) is 14.3. The fourth-order valence-electron chi connectivity index (χ4n) is 3.51. The van der Waals surface area contributed by atoms with Gasteiger partial charge >= 0.3 is 0 Å².